The van der Waals surface area contributed by atoms with Crippen molar-refractivity contribution in [1.82, 2.24) is 9.88 Å². The lowest BCUT2D eigenvalue weighted by molar-refractivity contribution is -0.129. The minimum absolute atomic E-state index is 0.124. The van der Waals surface area contributed by atoms with Gasteiger partial charge >= 0.3 is 0 Å². The first-order valence-electron chi connectivity index (χ1n) is 8.99. The van der Waals surface area contributed by atoms with Crippen LogP contribution in [0.3, 0.4) is 0 Å². The highest BCUT2D eigenvalue weighted by Gasteiger charge is 2.58. The van der Waals surface area contributed by atoms with Gasteiger partial charge in [0.1, 0.15) is 5.41 Å². The Bertz CT molecular complexity index is 880. The van der Waals surface area contributed by atoms with Gasteiger partial charge in [0.15, 0.2) is 0 Å². The van der Waals surface area contributed by atoms with Gasteiger partial charge in [-0.25, -0.2) is 0 Å². The fraction of sp³-hybridized carbons (Fsp3) is 0.450. The number of hydrogen-bond donors (Lipinski definition) is 2. The van der Waals surface area contributed by atoms with Gasteiger partial charge in [0.25, 0.3) is 0 Å². The number of nitrogens with one attached hydrogen (secondary N) is 1. The second-order valence-electron chi connectivity index (χ2n) is 7.57. The highest BCUT2D eigenvalue weighted by molar-refractivity contribution is 5.94. The first kappa shape index (κ1) is 14.3. The molecular formula is C20H23N3O. The van der Waals surface area contributed by atoms with E-state index < -0.39 is 5.41 Å². The summed E-state index contributed by atoms with van der Waals surface area (Å²) in [5, 5.41) is 1.25. The number of piperidine rings is 1. The molecule has 1 amide bonds. The van der Waals surface area contributed by atoms with Gasteiger partial charge in [-0.05, 0) is 36.8 Å². The molecule has 1 saturated heterocycles. The maximum atomic E-state index is 12.9. The Morgan fingerprint density at radius 2 is 2.25 bits per heavy atom. The van der Waals surface area contributed by atoms with Crippen molar-refractivity contribution in [1.29, 1.82) is 0 Å². The van der Waals surface area contributed by atoms with Gasteiger partial charge in [-0.15, -0.1) is 0 Å². The van der Waals surface area contributed by atoms with Gasteiger partial charge in [-0.2, -0.15) is 0 Å². The predicted molar refractivity (Wildman–Crippen MR) is 94.7 cm³/mol. The van der Waals surface area contributed by atoms with E-state index in [4.69, 9.17) is 5.73 Å². The molecule has 4 aliphatic rings. The van der Waals surface area contributed by atoms with Gasteiger partial charge in [-0.1, -0.05) is 36.8 Å². The van der Waals surface area contributed by atoms with Gasteiger partial charge in [-0.3, -0.25) is 9.69 Å². The van der Waals surface area contributed by atoms with E-state index in [1.54, 1.807) is 0 Å². The van der Waals surface area contributed by atoms with Crippen LogP contribution in [0.25, 0.3) is 10.9 Å². The Morgan fingerprint density at radius 3 is 3.04 bits per heavy atom. The standard InChI is InChI=1S/C20H23N3O/c1-2-13-9-12-10-20(19(21)24)17-15(7-8-23(11-12)18(13)20)14-5-3-4-6-16(14)22-17/h3-6,9,12,18,22H,2,7-8,10-11H2,1H3,(H2,21,24). The fourth-order valence-corrected chi connectivity index (χ4v) is 5.59. The number of benzene rings is 1. The molecule has 6 rings (SSSR count). The van der Waals surface area contributed by atoms with Crippen molar-refractivity contribution in [3.05, 3.63) is 47.2 Å². The molecule has 3 N–H and O–H groups in total. The third kappa shape index (κ3) is 1.59. The van der Waals surface area contributed by atoms with Crippen LogP contribution in [0.2, 0.25) is 0 Å². The van der Waals surface area contributed by atoms with Crippen LogP contribution in [0.15, 0.2) is 35.9 Å². The van der Waals surface area contributed by atoms with Crippen molar-refractivity contribution in [2.45, 2.75) is 37.6 Å². The number of amides is 1. The van der Waals surface area contributed by atoms with Crippen molar-refractivity contribution < 1.29 is 4.79 Å². The summed E-state index contributed by atoms with van der Waals surface area (Å²) >= 11 is 0. The number of carbonyl (C=O) groups is 1. The average Bonchev–Trinajstić information content (AvgIpc) is 2.94. The minimum atomic E-state index is -0.603. The van der Waals surface area contributed by atoms with E-state index >= 15 is 0 Å². The number of H-pyrrole nitrogens is 1. The largest absolute Gasteiger partial charge is 0.369 e. The Kier molecular flexibility index (Phi) is 2.82. The van der Waals surface area contributed by atoms with Crippen molar-refractivity contribution in [2.24, 2.45) is 11.7 Å². The summed E-state index contributed by atoms with van der Waals surface area (Å²) < 4.78 is 0. The number of carbonyl (C=O) groups excluding carboxylic acids is 1. The number of hydrogen-bond acceptors (Lipinski definition) is 2. The van der Waals surface area contributed by atoms with Gasteiger partial charge < -0.3 is 10.7 Å². The predicted octanol–water partition coefficient (Wildman–Crippen LogP) is 2.49. The molecule has 1 fully saturated rings. The average molecular weight is 321 g/mol. The Balaban J connectivity index is 1.84. The molecule has 4 unspecified atom stereocenters. The normalized spacial score (nSPS) is 33.9. The summed E-state index contributed by atoms with van der Waals surface area (Å²) in [5.41, 5.74) is 10.4. The molecule has 4 bridgehead atoms. The molecule has 1 aliphatic carbocycles. The maximum Gasteiger partial charge on any atom is 0.231 e. The van der Waals surface area contributed by atoms with E-state index in [2.05, 4.69) is 41.1 Å². The van der Waals surface area contributed by atoms with Crippen LogP contribution in [0, 0.1) is 5.92 Å². The number of primary amides is 1. The topological polar surface area (TPSA) is 62.1 Å². The molecule has 4 atom stereocenters. The van der Waals surface area contributed by atoms with E-state index in [1.165, 1.54) is 16.5 Å². The number of aromatic nitrogens is 1. The van der Waals surface area contributed by atoms with Crippen LogP contribution in [0.4, 0.5) is 0 Å². The molecule has 24 heavy (non-hydrogen) atoms. The summed E-state index contributed by atoms with van der Waals surface area (Å²) in [4.78, 5) is 19.0. The van der Waals surface area contributed by atoms with E-state index in [-0.39, 0.29) is 11.9 Å². The molecule has 4 heteroatoms. The first-order chi connectivity index (χ1) is 11.6. The highest BCUT2D eigenvalue weighted by Crippen LogP contribution is 2.52. The third-order valence-corrected chi connectivity index (χ3v) is 6.44. The number of nitrogens with two attached hydrogens (primary N) is 1. The van der Waals surface area contributed by atoms with Crippen LogP contribution in [0.1, 0.15) is 31.0 Å². The van der Waals surface area contributed by atoms with E-state index in [0.717, 1.165) is 43.6 Å². The first-order valence-corrected chi connectivity index (χ1v) is 8.99. The molecule has 1 aromatic heterocycles. The Labute approximate surface area is 141 Å². The molecule has 124 valence electrons. The van der Waals surface area contributed by atoms with Gasteiger partial charge in [0.2, 0.25) is 5.91 Å². The van der Waals surface area contributed by atoms with Crippen LogP contribution >= 0.6 is 0 Å². The summed E-state index contributed by atoms with van der Waals surface area (Å²) in [6, 6.07) is 8.52. The Hall–Kier alpha value is -2.07. The van der Waals surface area contributed by atoms with Crippen molar-refractivity contribution in [3.8, 4) is 0 Å². The van der Waals surface area contributed by atoms with E-state index in [0.29, 0.717) is 5.92 Å². The molecule has 3 aliphatic heterocycles. The smallest absolute Gasteiger partial charge is 0.231 e. The molecule has 0 spiro atoms. The SMILES string of the molecule is CCC1=CC2CN3CCc4c([nH]c5ccccc45)C(C(N)=O)(C2)C13. The zero-order valence-electron chi connectivity index (χ0n) is 14.0. The van der Waals surface area contributed by atoms with E-state index in [1.807, 2.05) is 6.07 Å². The summed E-state index contributed by atoms with van der Waals surface area (Å²) in [7, 11) is 0. The highest BCUT2D eigenvalue weighted by atomic mass is 16.1. The molecular weight excluding hydrogens is 298 g/mol. The Morgan fingerprint density at radius 1 is 1.42 bits per heavy atom. The number of nitrogens with zero attached hydrogens (tertiary/aromatic N) is 1. The summed E-state index contributed by atoms with van der Waals surface area (Å²) in [5.74, 6) is 0.255. The van der Waals surface area contributed by atoms with Gasteiger partial charge in [0, 0.05) is 29.7 Å². The second kappa shape index (κ2) is 4.73. The van der Waals surface area contributed by atoms with Crippen LogP contribution in [-0.2, 0) is 16.6 Å². The number of rotatable bonds is 2. The van der Waals surface area contributed by atoms with Crippen molar-refractivity contribution in [2.75, 3.05) is 13.1 Å². The lowest BCUT2D eigenvalue weighted by Crippen LogP contribution is -2.65. The number of aromatic amines is 1. The molecule has 0 radical (unpaired) electrons. The number of fused-ring (bicyclic) bond motifs is 3. The zero-order valence-corrected chi connectivity index (χ0v) is 14.0. The van der Waals surface area contributed by atoms with Gasteiger partial charge in [0.05, 0.1) is 6.04 Å². The quantitative estimate of drug-likeness (QED) is 0.835. The van der Waals surface area contributed by atoms with Crippen LogP contribution in [-0.4, -0.2) is 34.9 Å². The lowest BCUT2D eigenvalue weighted by atomic mass is 9.60. The van der Waals surface area contributed by atoms with Crippen molar-refractivity contribution >= 4 is 16.8 Å². The van der Waals surface area contributed by atoms with E-state index in [9.17, 15) is 4.79 Å². The molecule has 2 aromatic rings. The summed E-state index contributed by atoms with van der Waals surface area (Å²) in [6.45, 7) is 4.26. The van der Waals surface area contributed by atoms with Crippen molar-refractivity contribution in [3.63, 3.8) is 0 Å². The van der Waals surface area contributed by atoms with Crippen LogP contribution < -0.4 is 5.73 Å². The molecule has 4 heterocycles. The zero-order chi connectivity index (χ0) is 16.5. The maximum absolute atomic E-state index is 12.9. The monoisotopic (exact) mass is 321 g/mol. The number of para-hydroxylation sites is 1. The fourth-order valence-electron chi connectivity index (χ4n) is 5.59. The minimum Gasteiger partial charge on any atom is -0.369 e. The molecule has 0 saturated carbocycles. The molecule has 1 aromatic carbocycles. The molecule has 4 nitrogen and oxygen atoms in total. The summed E-state index contributed by atoms with van der Waals surface area (Å²) in [6.07, 6.45) is 5.22. The third-order valence-electron chi connectivity index (χ3n) is 6.44. The second-order valence-corrected chi connectivity index (χ2v) is 7.57. The lowest BCUT2D eigenvalue weighted by Gasteiger charge is -2.54. The van der Waals surface area contributed by atoms with Crippen LogP contribution in [0.5, 0.6) is 0 Å².